The number of allylic oxidation sites excluding steroid dienone is 2. The first-order valence-electron chi connectivity index (χ1n) is 4.74. The number of hydrogen-bond acceptors (Lipinski definition) is 2. The van der Waals surface area contributed by atoms with Gasteiger partial charge in [0.1, 0.15) is 7.11 Å². The van der Waals surface area contributed by atoms with Crippen LogP contribution in [0.1, 0.15) is 32.1 Å². The predicted octanol–water partition coefficient (Wildman–Crippen LogP) is 3.31. The fourth-order valence-corrected chi connectivity index (χ4v) is 2.07. The molecule has 0 aromatic carbocycles. The Kier molecular flexibility index (Phi) is 5.43. The number of nitrogens with zero attached hydrogens (tertiary/aromatic N) is 1. The van der Waals surface area contributed by atoms with Crippen molar-refractivity contribution < 1.29 is 4.84 Å². The van der Waals surface area contributed by atoms with Crippen LogP contribution in [0.15, 0.2) is 16.8 Å². The van der Waals surface area contributed by atoms with Gasteiger partial charge in [0, 0.05) is 0 Å². The summed E-state index contributed by atoms with van der Waals surface area (Å²) < 4.78 is 1.25. The van der Waals surface area contributed by atoms with E-state index in [1.807, 2.05) is 0 Å². The van der Waals surface area contributed by atoms with Crippen molar-refractivity contribution in [3.05, 3.63) is 11.6 Å². The van der Waals surface area contributed by atoms with Gasteiger partial charge in [0.05, 0.1) is 5.71 Å². The average molecular weight is 293 g/mol. The molecule has 0 aromatic rings. The summed E-state index contributed by atoms with van der Waals surface area (Å²) in [5.41, 5.74) is 2.57. The van der Waals surface area contributed by atoms with Crippen molar-refractivity contribution >= 4 is 28.3 Å². The number of unbranched alkanes of at least 4 members (excludes halogenated alkanes) is 1. The van der Waals surface area contributed by atoms with Gasteiger partial charge in [-0.3, -0.25) is 0 Å². The highest BCUT2D eigenvalue weighted by Gasteiger charge is 2.12. The monoisotopic (exact) mass is 293 g/mol. The van der Waals surface area contributed by atoms with Crippen LogP contribution in [0.4, 0.5) is 0 Å². The fraction of sp³-hybridized carbons (Fsp3) is 0.700. The third-order valence-electron chi connectivity index (χ3n) is 2.17. The van der Waals surface area contributed by atoms with Gasteiger partial charge in [0.15, 0.2) is 0 Å². The van der Waals surface area contributed by atoms with E-state index in [9.17, 15) is 0 Å². The van der Waals surface area contributed by atoms with Gasteiger partial charge in [0.2, 0.25) is 0 Å². The molecule has 13 heavy (non-hydrogen) atoms. The summed E-state index contributed by atoms with van der Waals surface area (Å²) in [5, 5.41) is 4.03. The van der Waals surface area contributed by atoms with E-state index in [4.69, 9.17) is 4.84 Å². The molecule has 0 fully saturated rings. The molecule has 0 bridgehead atoms. The second-order valence-corrected chi connectivity index (χ2v) is 4.21. The minimum atomic E-state index is 1.06. The Hall–Kier alpha value is -0.0600. The maximum atomic E-state index is 4.81. The molecule has 3 heteroatoms. The van der Waals surface area contributed by atoms with Crippen molar-refractivity contribution in [1.29, 1.82) is 0 Å². The number of oxime groups is 1. The highest BCUT2D eigenvalue weighted by Crippen LogP contribution is 2.21. The lowest BCUT2D eigenvalue weighted by atomic mass is 10.1. The van der Waals surface area contributed by atoms with Crippen molar-refractivity contribution in [1.82, 2.24) is 0 Å². The Morgan fingerprint density at radius 2 is 2.38 bits per heavy atom. The molecule has 0 atom stereocenters. The van der Waals surface area contributed by atoms with Gasteiger partial charge in [0.25, 0.3) is 0 Å². The number of alkyl halides is 1. The Morgan fingerprint density at radius 3 is 3.08 bits per heavy atom. The first-order chi connectivity index (χ1) is 6.38. The van der Waals surface area contributed by atoms with Gasteiger partial charge in [-0.25, -0.2) is 0 Å². The van der Waals surface area contributed by atoms with E-state index in [0.717, 1.165) is 18.6 Å². The Labute approximate surface area is 93.6 Å². The highest BCUT2D eigenvalue weighted by atomic mass is 127. The molecule has 1 rings (SSSR count). The van der Waals surface area contributed by atoms with Gasteiger partial charge >= 0.3 is 0 Å². The number of halogens is 1. The maximum absolute atomic E-state index is 4.81. The summed E-state index contributed by atoms with van der Waals surface area (Å²) in [6, 6.07) is 0. The van der Waals surface area contributed by atoms with Crippen LogP contribution in [0.25, 0.3) is 0 Å². The molecule has 0 heterocycles. The molecule has 1 aliphatic carbocycles. The third-order valence-corrected chi connectivity index (χ3v) is 2.94. The summed E-state index contributed by atoms with van der Waals surface area (Å²) in [6.45, 7) is 0. The molecular weight excluding hydrogens is 277 g/mol. The van der Waals surface area contributed by atoms with Crippen LogP contribution in [0.2, 0.25) is 0 Å². The molecule has 2 nitrogen and oxygen atoms in total. The second kappa shape index (κ2) is 6.40. The number of hydrogen-bond donors (Lipinski definition) is 0. The summed E-state index contributed by atoms with van der Waals surface area (Å²) in [5.74, 6) is 0. The lowest BCUT2D eigenvalue weighted by molar-refractivity contribution is 0.213. The molecule has 0 amide bonds. The Balaban J connectivity index is 2.35. The zero-order chi connectivity index (χ0) is 9.52. The van der Waals surface area contributed by atoms with E-state index in [0.29, 0.717) is 0 Å². The summed E-state index contributed by atoms with van der Waals surface area (Å²) in [6.07, 6.45) is 8.25. The molecule has 1 aliphatic rings. The van der Waals surface area contributed by atoms with E-state index in [1.165, 1.54) is 29.3 Å². The zero-order valence-corrected chi connectivity index (χ0v) is 10.2. The van der Waals surface area contributed by atoms with Crippen molar-refractivity contribution in [3.8, 4) is 0 Å². The van der Waals surface area contributed by atoms with Crippen LogP contribution in [-0.2, 0) is 4.84 Å². The highest BCUT2D eigenvalue weighted by molar-refractivity contribution is 14.1. The quantitative estimate of drug-likeness (QED) is 0.330. The van der Waals surface area contributed by atoms with Crippen LogP contribution in [0.5, 0.6) is 0 Å². The largest absolute Gasteiger partial charge is 0.399 e. The SMILES string of the molecule is CO/N=C1\CCC=C1CCCCI. The van der Waals surface area contributed by atoms with Crippen molar-refractivity contribution in [2.75, 3.05) is 11.5 Å². The van der Waals surface area contributed by atoms with Crippen LogP contribution < -0.4 is 0 Å². The lowest BCUT2D eigenvalue weighted by Gasteiger charge is -2.02. The van der Waals surface area contributed by atoms with Gasteiger partial charge in [-0.2, -0.15) is 0 Å². The maximum Gasteiger partial charge on any atom is 0.106 e. The molecule has 0 spiro atoms. The third kappa shape index (κ3) is 3.67. The Bertz CT molecular complexity index is 211. The smallest absolute Gasteiger partial charge is 0.106 e. The van der Waals surface area contributed by atoms with Crippen molar-refractivity contribution in [3.63, 3.8) is 0 Å². The molecule has 0 aromatic heterocycles. The molecule has 0 N–H and O–H groups in total. The molecule has 0 unspecified atom stereocenters. The topological polar surface area (TPSA) is 21.6 Å². The van der Waals surface area contributed by atoms with Crippen LogP contribution in [0, 0.1) is 0 Å². The van der Waals surface area contributed by atoms with E-state index >= 15 is 0 Å². The molecule has 74 valence electrons. The van der Waals surface area contributed by atoms with Crippen LogP contribution in [-0.4, -0.2) is 17.2 Å². The van der Waals surface area contributed by atoms with Crippen molar-refractivity contribution in [2.45, 2.75) is 32.1 Å². The summed E-state index contributed by atoms with van der Waals surface area (Å²) in [7, 11) is 1.62. The predicted molar refractivity (Wildman–Crippen MR) is 64.5 cm³/mol. The van der Waals surface area contributed by atoms with E-state index in [1.54, 1.807) is 7.11 Å². The van der Waals surface area contributed by atoms with E-state index in [-0.39, 0.29) is 0 Å². The fourth-order valence-electron chi connectivity index (χ4n) is 1.53. The normalized spacial score (nSPS) is 19.2. The molecular formula is C10H16INO. The summed E-state index contributed by atoms with van der Waals surface area (Å²) in [4.78, 5) is 4.81. The van der Waals surface area contributed by atoms with Crippen molar-refractivity contribution in [2.24, 2.45) is 5.16 Å². The minimum Gasteiger partial charge on any atom is -0.399 e. The molecule has 0 radical (unpaired) electrons. The standard InChI is InChI=1S/C10H16INO/c1-13-12-10-7-4-6-9(10)5-2-3-8-11/h6H,2-5,7-8H2,1H3/b12-10+. The molecule has 0 saturated carbocycles. The van der Waals surface area contributed by atoms with Gasteiger partial charge in [-0.05, 0) is 42.1 Å². The molecule has 0 saturated heterocycles. The van der Waals surface area contributed by atoms with Gasteiger partial charge in [-0.1, -0.05) is 33.8 Å². The number of rotatable bonds is 5. The Morgan fingerprint density at radius 1 is 1.54 bits per heavy atom. The molecule has 0 aliphatic heterocycles. The lowest BCUT2D eigenvalue weighted by Crippen LogP contribution is -1.98. The van der Waals surface area contributed by atoms with E-state index < -0.39 is 0 Å². The first kappa shape index (κ1) is 11.0. The minimum absolute atomic E-state index is 1.06. The average Bonchev–Trinajstić information content (AvgIpc) is 2.54. The first-order valence-corrected chi connectivity index (χ1v) is 6.26. The van der Waals surface area contributed by atoms with E-state index in [2.05, 4.69) is 33.8 Å². The summed E-state index contributed by atoms with van der Waals surface area (Å²) >= 11 is 2.42. The van der Waals surface area contributed by atoms with Crippen LogP contribution >= 0.6 is 22.6 Å². The zero-order valence-electron chi connectivity index (χ0n) is 8.05. The van der Waals surface area contributed by atoms with Gasteiger partial charge in [-0.15, -0.1) is 0 Å². The van der Waals surface area contributed by atoms with Gasteiger partial charge < -0.3 is 4.84 Å². The van der Waals surface area contributed by atoms with Crippen LogP contribution in [0.3, 0.4) is 0 Å². The second-order valence-electron chi connectivity index (χ2n) is 3.13.